The molecule has 0 bridgehead atoms. The van der Waals surface area contributed by atoms with Crippen LogP contribution in [-0.4, -0.2) is 22.1 Å². The van der Waals surface area contributed by atoms with Crippen LogP contribution in [-0.2, 0) is 15.8 Å². The van der Waals surface area contributed by atoms with Gasteiger partial charge in [0.05, 0.1) is 0 Å². The molecule has 2 heterocycles. The van der Waals surface area contributed by atoms with Crippen LogP contribution in [0.2, 0.25) is 0 Å². The van der Waals surface area contributed by atoms with E-state index in [1.54, 1.807) is 6.08 Å². The van der Waals surface area contributed by atoms with Crippen LogP contribution >= 0.6 is 11.9 Å². The number of nitrogens with one attached hydrogen (secondary N) is 1. The summed E-state index contributed by atoms with van der Waals surface area (Å²) in [5.41, 5.74) is 0. The Kier molecular flexibility index (Phi) is 4.02. The Morgan fingerprint density at radius 1 is 1.67 bits per heavy atom. The number of carbonyl (C=O) groups excluding carboxylic acids is 1. The molecule has 4 nitrogen and oxygen atoms in total. The minimum absolute atomic E-state index is 0.167. The maximum Gasteiger partial charge on any atom is 0.230 e. The molecular formula is C6H8N2O2S2. The van der Waals surface area contributed by atoms with Gasteiger partial charge in [0.25, 0.3) is 0 Å². The first kappa shape index (κ1) is 9.47. The average Bonchev–Trinajstić information content (AvgIpc) is 2.63. The van der Waals surface area contributed by atoms with Crippen molar-refractivity contribution in [2.75, 3.05) is 5.75 Å². The molecule has 12 heavy (non-hydrogen) atoms. The molecule has 0 aliphatic carbocycles. The smallest absolute Gasteiger partial charge is 0.230 e. The fraction of sp³-hybridized carbons (Fsp3) is 0.333. The van der Waals surface area contributed by atoms with Gasteiger partial charge in [0, 0.05) is 23.8 Å². The monoisotopic (exact) mass is 204 g/mol. The number of carbonyl (C=O) groups is 1. The average molecular weight is 204 g/mol. The highest BCUT2D eigenvalue weighted by Crippen LogP contribution is 2.04. The van der Waals surface area contributed by atoms with E-state index in [2.05, 4.69) is 9.12 Å². The SMILES string of the molecule is O=C1CCSN1.O=S1C=CC=N1. The van der Waals surface area contributed by atoms with Crippen molar-refractivity contribution in [1.29, 1.82) is 0 Å². The molecule has 0 radical (unpaired) electrons. The van der Waals surface area contributed by atoms with Crippen molar-refractivity contribution in [2.24, 2.45) is 4.40 Å². The maximum absolute atomic E-state index is 10.1. The second kappa shape index (κ2) is 5.10. The van der Waals surface area contributed by atoms with Crippen LogP contribution in [0, 0.1) is 0 Å². The third-order valence-electron chi connectivity index (χ3n) is 1.06. The molecule has 1 saturated heterocycles. The molecule has 66 valence electrons. The summed E-state index contributed by atoms with van der Waals surface area (Å²) in [4.78, 5) is 10.1. The van der Waals surface area contributed by atoms with Gasteiger partial charge in [-0.15, -0.1) is 0 Å². The Morgan fingerprint density at radius 3 is 2.67 bits per heavy atom. The van der Waals surface area contributed by atoms with E-state index in [4.69, 9.17) is 0 Å². The lowest BCUT2D eigenvalue weighted by molar-refractivity contribution is -0.118. The zero-order valence-corrected chi connectivity index (χ0v) is 7.86. The third kappa shape index (κ3) is 3.68. The Hall–Kier alpha value is -0.620. The second-order valence-electron chi connectivity index (χ2n) is 1.98. The van der Waals surface area contributed by atoms with Gasteiger partial charge in [0.2, 0.25) is 5.91 Å². The van der Waals surface area contributed by atoms with Gasteiger partial charge in [-0.05, 0) is 18.0 Å². The van der Waals surface area contributed by atoms with Crippen LogP contribution in [0.4, 0.5) is 0 Å². The van der Waals surface area contributed by atoms with E-state index in [1.165, 1.54) is 23.6 Å². The van der Waals surface area contributed by atoms with Crippen molar-refractivity contribution in [3.63, 3.8) is 0 Å². The Bertz CT molecular complexity index is 228. The largest absolute Gasteiger partial charge is 0.300 e. The van der Waals surface area contributed by atoms with Crippen molar-refractivity contribution < 1.29 is 9.00 Å². The standard InChI is InChI=1S/C3H5NOS.C3H3NOS/c5-3-1-2-6-4-3;5-6-3-1-2-4-6/h1-2H2,(H,4,5);1-3H. The van der Waals surface area contributed by atoms with Gasteiger partial charge in [-0.25, -0.2) is 4.21 Å². The first-order chi connectivity index (χ1) is 5.79. The van der Waals surface area contributed by atoms with Gasteiger partial charge in [0.1, 0.15) is 0 Å². The molecule has 6 heteroatoms. The van der Waals surface area contributed by atoms with E-state index < -0.39 is 11.0 Å². The molecule has 0 aromatic carbocycles. The number of hydrogen-bond acceptors (Lipinski definition) is 3. The van der Waals surface area contributed by atoms with Crippen molar-refractivity contribution in [2.45, 2.75) is 6.42 Å². The van der Waals surface area contributed by atoms with Gasteiger partial charge in [0.15, 0.2) is 11.0 Å². The number of allylic oxidation sites excluding steroid dienone is 1. The lowest BCUT2D eigenvalue weighted by Gasteiger charge is -1.78. The van der Waals surface area contributed by atoms with Gasteiger partial charge >= 0.3 is 0 Å². The van der Waals surface area contributed by atoms with E-state index >= 15 is 0 Å². The summed E-state index contributed by atoms with van der Waals surface area (Å²) in [6.45, 7) is 0. The fourth-order valence-corrected chi connectivity index (χ4v) is 1.68. The maximum atomic E-state index is 10.1. The molecular weight excluding hydrogens is 196 g/mol. The van der Waals surface area contributed by atoms with Crippen LogP contribution in [0.3, 0.4) is 0 Å². The molecule has 0 saturated carbocycles. The van der Waals surface area contributed by atoms with Crippen molar-refractivity contribution >= 4 is 35.1 Å². The topological polar surface area (TPSA) is 58.5 Å². The Morgan fingerprint density at radius 2 is 2.50 bits per heavy atom. The number of hydrogen-bond donors (Lipinski definition) is 1. The van der Waals surface area contributed by atoms with Crippen LogP contribution in [0.1, 0.15) is 6.42 Å². The highest BCUT2D eigenvalue weighted by atomic mass is 32.2. The van der Waals surface area contributed by atoms with Crippen molar-refractivity contribution in [1.82, 2.24) is 4.72 Å². The summed E-state index contributed by atoms with van der Waals surface area (Å²) in [5.74, 6) is 1.11. The molecule has 1 atom stereocenters. The van der Waals surface area contributed by atoms with E-state index in [0.717, 1.165) is 5.75 Å². The highest BCUT2D eigenvalue weighted by molar-refractivity contribution is 7.98. The molecule has 1 amide bonds. The van der Waals surface area contributed by atoms with Crippen LogP contribution < -0.4 is 4.72 Å². The quantitative estimate of drug-likeness (QED) is 0.581. The lowest BCUT2D eigenvalue weighted by Crippen LogP contribution is -2.04. The summed E-state index contributed by atoms with van der Waals surface area (Å²) in [7, 11) is -1.03. The minimum Gasteiger partial charge on any atom is -0.300 e. The molecule has 0 aromatic rings. The Labute approximate surface area is 77.2 Å². The zero-order valence-electron chi connectivity index (χ0n) is 6.23. The summed E-state index contributed by atoms with van der Waals surface area (Å²) in [6.07, 6.45) is 3.89. The number of rotatable bonds is 0. The second-order valence-corrected chi connectivity index (χ2v) is 3.92. The molecule has 2 rings (SSSR count). The zero-order chi connectivity index (χ0) is 8.81. The number of amides is 1. The van der Waals surface area contributed by atoms with E-state index in [-0.39, 0.29) is 5.91 Å². The first-order valence-electron chi connectivity index (χ1n) is 3.31. The van der Waals surface area contributed by atoms with E-state index in [9.17, 15) is 9.00 Å². The van der Waals surface area contributed by atoms with Crippen LogP contribution in [0.5, 0.6) is 0 Å². The van der Waals surface area contributed by atoms with Gasteiger partial charge in [-0.3, -0.25) is 4.79 Å². The predicted octanol–water partition coefficient (Wildman–Crippen LogP) is 0.403. The van der Waals surface area contributed by atoms with Crippen LogP contribution in [0.15, 0.2) is 15.9 Å². The predicted molar refractivity (Wildman–Crippen MR) is 51.0 cm³/mol. The summed E-state index contributed by atoms with van der Waals surface area (Å²) < 4.78 is 16.1. The van der Waals surface area contributed by atoms with E-state index in [0.29, 0.717) is 6.42 Å². The van der Waals surface area contributed by atoms with Crippen molar-refractivity contribution in [3.8, 4) is 0 Å². The number of nitrogens with zero attached hydrogens (tertiary/aromatic N) is 1. The summed E-state index contributed by atoms with van der Waals surface area (Å²) in [6, 6.07) is 0. The van der Waals surface area contributed by atoms with Gasteiger partial charge in [-0.1, -0.05) is 0 Å². The highest BCUT2D eigenvalue weighted by Gasteiger charge is 2.06. The first-order valence-corrected chi connectivity index (χ1v) is 5.47. The lowest BCUT2D eigenvalue weighted by atomic mass is 10.5. The fourth-order valence-electron chi connectivity index (χ4n) is 0.559. The van der Waals surface area contributed by atoms with Crippen molar-refractivity contribution in [3.05, 3.63) is 11.5 Å². The summed E-state index contributed by atoms with van der Waals surface area (Å²) >= 11 is 1.48. The molecule has 1 fully saturated rings. The van der Waals surface area contributed by atoms with Gasteiger partial charge < -0.3 is 4.72 Å². The summed E-state index contributed by atoms with van der Waals surface area (Å²) in [5, 5.41) is 1.53. The van der Waals surface area contributed by atoms with Gasteiger partial charge in [-0.2, -0.15) is 4.40 Å². The van der Waals surface area contributed by atoms with E-state index in [1.807, 2.05) is 0 Å². The molecule has 1 N–H and O–H groups in total. The third-order valence-corrected chi connectivity index (χ3v) is 2.56. The molecule has 0 spiro atoms. The molecule has 2 aliphatic rings. The normalized spacial score (nSPS) is 25.0. The minimum atomic E-state index is -1.03. The Balaban J connectivity index is 0.000000120. The molecule has 1 unspecified atom stereocenters. The molecule has 2 aliphatic heterocycles. The molecule has 0 aromatic heterocycles. The van der Waals surface area contributed by atoms with Crippen LogP contribution in [0.25, 0.3) is 0 Å².